The molecule has 0 radical (unpaired) electrons. The predicted molar refractivity (Wildman–Crippen MR) is 88.0 cm³/mol. The van der Waals surface area contributed by atoms with Crippen LogP contribution >= 0.6 is 8.25 Å². The Labute approximate surface area is 135 Å². The Morgan fingerprint density at radius 2 is 1.59 bits per heavy atom. The van der Waals surface area contributed by atoms with E-state index in [-0.39, 0.29) is 5.97 Å². The van der Waals surface area contributed by atoms with Crippen LogP contribution in [0.5, 0.6) is 0 Å². The first-order chi connectivity index (χ1) is 10.3. The largest absolute Gasteiger partial charge is 0.463 e. The highest BCUT2D eigenvalue weighted by Crippen LogP contribution is 2.24. The van der Waals surface area contributed by atoms with Gasteiger partial charge in [-0.25, -0.2) is 4.79 Å². The van der Waals surface area contributed by atoms with Gasteiger partial charge in [0.1, 0.15) is 13.2 Å². The van der Waals surface area contributed by atoms with Gasteiger partial charge in [-0.05, 0) is 26.2 Å². The van der Waals surface area contributed by atoms with Gasteiger partial charge in [0.2, 0.25) is 0 Å². The maximum Gasteiger partial charge on any atom is 0.330 e. The lowest BCUT2D eigenvalue weighted by Gasteiger charge is -2.23. The Balaban J connectivity index is 3.35. The predicted octanol–water partition coefficient (Wildman–Crippen LogP) is 2.80. The first-order valence-electron chi connectivity index (χ1n) is 7.74. The van der Waals surface area contributed by atoms with E-state index in [1.54, 1.807) is 13.0 Å². The number of hydrogen-bond acceptors (Lipinski definition) is 5. The Hall–Kier alpha value is -0.680. The van der Waals surface area contributed by atoms with Crippen molar-refractivity contribution in [2.75, 3.05) is 47.5 Å². The minimum absolute atomic E-state index is 0.296. The SMILES string of the molecule is CC=CC(=O)OCCCCCCO[PH](=O)OCC[N+](C)(C)C. The minimum atomic E-state index is -2.36. The number of carbonyl (C=O) groups excluding carboxylic acids is 1. The zero-order chi connectivity index (χ0) is 16.8. The van der Waals surface area contributed by atoms with Crippen LogP contribution in [-0.4, -0.2) is 58.0 Å². The van der Waals surface area contributed by atoms with Gasteiger partial charge in [0.15, 0.2) is 0 Å². The summed E-state index contributed by atoms with van der Waals surface area (Å²) in [5.41, 5.74) is 0. The van der Waals surface area contributed by atoms with Crippen LogP contribution in [0.25, 0.3) is 0 Å². The molecule has 0 aliphatic heterocycles. The molecule has 7 heteroatoms. The third-order valence-electron chi connectivity index (χ3n) is 2.79. The molecule has 6 nitrogen and oxygen atoms in total. The van der Waals surface area contributed by atoms with Crippen LogP contribution in [0.15, 0.2) is 12.2 Å². The maximum atomic E-state index is 11.5. The second-order valence-electron chi connectivity index (χ2n) is 6.04. The zero-order valence-electron chi connectivity index (χ0n) is 14.3. The summed E-state index contributed by atoms with van der Waals surface area (Å²) in [6.45, 7) is 3.90. The van der Waals surface area contributed by atoms with Crippen molar-refractivity contribution in [1.29, 1.82) is 0 Å². The summed E-state index contributed by atoms with van der Waals surface area (Å²) in [6, 6.07) is 0. The van der Waals surface area contributed by atoms with E-state index in [0.717, 1.165) is 36.7 Å². The zero-order valence-corrected chi connectivity index (χ0v) is 15.3. The number of allylic oxidation sites excluding steroid dienone is 1. The first-order valence-corrected chi connectivity index (χ1v) is 8.97. The number of esters is 1. The van der Waals surface area contributed by atoms with Gasteiger partial charge in [0.05, 0.1) is 34.4 Å². The highest BCUT2D eigenvalue weighted by atomic mass is 31.1. The van der Waals surface area contributed by atoms with Gasteiger partial charge < -0.3 is 18.3 Å². The molecule has 0 spiro atoms. The Morgan fingerprint density at radius 1 is 1.00 bits per heavy atom. The standard InChI is InChI=1S/C15H31NO5P/c1-5-10-15(17)19-12-8-6-7-9-13-20-22(18)21-14-11-16(2,3)4/h5,10,22H,6-9,11-14H2,1-4H3/q+1. The Bertz CT molecular complexity index is 352. The van der Waals surface area contributed by atoms with E-state index < -0.39 is 8.25 Å². The molecule has 22 heavy (non-hydrogen) atoms. The van der Waals surface area contributed by atoms with Crippen LogP contribution < -0.4 is 0 Å². The van der Waals surface area contributed by atoms with Gasteiger partial charge in [-0.3, -0.25) is 4.57 Å². The quantitative estimate of drug-likeness (QED) is 0.170. The van der Waals surface area contributed by atoms with E-state index >= 15 is 0 Å². The second-order valence-corrected chi connectivity index (χ2v) is 7.12. The monoisotopic (exact) mass is 336 g/mol. The molecule has 0 aliphatic carbocycles. The van der Waals surface area contributed by atoms with E-state index in [9.17, 15) is 9.36 Å². The van der Waals surface area contributed by atoms with E-state index in [0.29, 0.717) is 19.8 Å². The average molecular weight is 336 g/mol. The molecule has 0 saturated heterocycles. The van der Waals surface area contributed by atoms with Crippen molar-refractivity contribution in [2.45, 2.75) is 32.6 Å². The van der Waals surface area contributed by atoms with Crippen molar-refractivity contribution >= 4 is 14.2 Å². The Morgan fingerprint density at radius 3 is 2.18 bits per heavy atom. The molecule has 0 aliphatic rings. The fourth-order valence-electron chi connectivity index (χ4n) is 1.51. The molecule has 0 N–H and O–H groups in total. The lowest BCUT2D eigenvalue weighted by Crippen LogP contribution is -2.37. The lowest BCUT2D eigenvalue weighted by atomic mass is 10.2. The fraction of sp³-hybridized carbons (Fsp3) is 0.800. The van der Waals surface area contributed by atoms with Crippen LogP contribution in [0.2, 0.25) is 0 Å². The van der Waals surface area contributed by atoms with E-state index in [4.69, 9.17) is 13.8 Å². The molecule has 0 amide bonds. The molecule has 0 heterocycles. The van der Waals surface area contributed by atoms with Gasteiger partial charge in [-0.15, -0.1) is 0 Å². The topological polar surface area (TPSA) is 61.8 Å². The van der Waals surface area contributed by atoms with E-state index in [1.807, 2.05) is 0 Å². The molecule has 0 saturated carbocycles. The molecule has 0 bridgehead atoms. The summed E-state index contributed by atoms with van der Waals surface area (Å²) in [7, 11) is 3.80. The van der Waals surface area contributed by atoms with Gasteiger partial charge in [-0.1, -0.05) is 12.5 Å². The normalized spacial score (nSPS) is 13.5. The smallest absolute Gasteiger partial charge is 0.330 e. The summed E-state index contributed by atoms with van der Waals surface area (Å²) in [5, 5.41) is 0. The number of carbonyl (C=O) groups is 1. The van der Waals surface area contributed by atoms with Crippen LogP contribution in [0, 0.1) is 0 Å². The van der Waals surface area contributed by atoms with Crippen molar-refractivity contribution < 1.29 is 27.6 Å². The molecule has 0 aromatic rings. The molecule has 0 rings (SSSR count). The number of nitrogens with zero attached hydrogens (tertiary/aromatic N) is 1. The summed E-state index contributed by atoms with van der Waals surface area (Å²) >= 11 is 0. The minimum Gasteiger partial charge on any atom is -0.463 e. The number of hydrogen-bond donors (Lipinski definition) is 0. The van der Waals surface area contributed by atoms with Gasteiger partial charge >= 0.3 is 14.2 Å². The molecule has 130 valence electrons. The van der Waals surface area contributed by atoms with Gasteiger partial charge in [-0.2, -0.15) is 0 Å². The van der Waals surface area contributed by atoms with Crippen LogP contribution in [0.1, 0.15) is 32.6 Å². The average Bonchev–Trinajstić information content (AvgIpc) is 2.40. The molecular weight excluding hydrogens is 305 g/mol. The highest BCUT2D eigenvalue weighted by molar-refractivity contribution is 7.33. The van der Waals surface area contributed by atoms with Crippen molar-refractivity contribution in [3.63, 3.8) is 0 Å². The molecule has 1 unspecified atom stereocenters. The Kier molecular flexibility index (Phi) is 12.4. The van der Waals surface area contributed by atoms with Crippen molar-refractivity contribution in [2.24, 2.45) is 0 Å². The van der Waals surface area contributed by atoms with E-state index in [2.05, 4.69) is 21.1 Å². The second kappa shape index (κ2) is 12.8. The van der Waals surface area contributed by atoms with Gasteiger partial charge in [0, 0.05) is 6.08 Å². The molecule has 0 aromatic heterocycles. The van der Waals surface area contributed by atoms with Crippen molar-refractivity contribution in [3.8, 4) is 0 Å². The summed E-state index contributed by atoms with van der Waals surface area (Å²) in [5.74, 6) is -0.296. The molecule has 1 atom stereocenters. The van der Waals surface area contributed by atoms with Crippen molar-refractivity contribution in [1.82, 2.24) is 0 Å². The summed E-state index contributed by atoms with van der Waals surface area (Å²) < 4.78 is 27.5. The number of ether oxygens (including phenoxy) is 1. The molecule has 0 fully saturated rings. The van der Waals surface area contributed by atoms with Crippen LogP contribution in [0.4, 0.5) is 0 Å². The molecular formula is C15H31NO5P+. The van der Waals surface area contributed by atoms with Gasteiger partial charge in [0.25, 0.3) is 0 Å². The fourth-order valence-corrected chi connectivity index (χ4v) is 2.17. The highest BCUT2D eigenvalue weighted by Gasteiger charge is 2.08. The third-order valence-corrected chi connectivity index (χ3v) is 3.67. The first kappa shape index (κ1) is 21.3. The number of rotatable bonds is 13. The molecule has 0 aromatic carbocycles. The number of quaternary nitrogens is 1. The summed E-state index contributed by atoms with van der Waals surface area (Å²) in [6.07, 6.45) is 6.63. The lowest BCUT2D eigenvalue weighted by molar-refractivity contribution is -0.870. The van der Waals surface area contributed by atoms with Crippen molar-refractivity contribution in [3.05, 3.63) is 12.2 Å². The number of unbranched alkanes of at least 4 members (excludes halogenated alkanes) is 3. The number of likely N-dealkylation sites (N-methyl/N-ethyl adjacent to an activating group) is 1. The van der Waals surface area contributed by atoms with E-state index in [1.165, 1.54) is 6.08 Å². The van der Waals surface area contributed by atoms with Crippen LogP contribution in [-0.2, 0) is 23.1 Å². The van der Waals surface area contributed by atoms with Crippen LogP contribution in [0.3, 0.4) is 0 Å². The summed E-state index contributed by atoms with van der Waals surface area (Å²) in [4.78, 5) is 11.0. The maximum absolute atomic E-state index is 11.5. The third kappa shape index (κ3) is 15.7.